The maximum atomic E-state index is 4.52. The summed E-state index contributed by atoms with van der Waals surface area (Å²) >= 11 is 0. The zero-order valence-corrected chi connectivity index (χ0v) is 19.0. The van der Waals surface area contributed by atoms with E-state index in [2.05, 4.69) is 77.1 Å². The number of aromatic nitrogens is 4. The fraction of sp³-hybridized carbons (Fsp3) is 0.370. The second-order valence-electron chi connectivity index (χ2n) is 8.79. The number of rotatable bonds is 8. The lowest BCUT2D eigenvalue weighted by atomic mass is 9.81. The fourth-order valence-corrected chi connectivity index (χ4v) is 4.53. The maximum Gasteiger partial charge on any atom is 0.128 e. The Bertz CT molecular complexity index is 1150. The highest BCUT2D eigenvalue weighted by Gasteiger charge is 2.20. The Hall–Kier alpha value is -3.01. The number of hydrogen-bond acceptors (Lipinski definition) is 3. The van der Waals surface area contributed by atoms with Crippen molar-refractivity contribution in [2.45, 2.75) is 53.4 Å². The quantitative estimate of drug-likeness (QED) is 0.360. The summed E-state index contributed by atoms with van der Waals surface area (Å²) in [5.41, 5.74) is 7.40. The average Bonchev–Trinajstić information content (AvgIpc) is 3.15. The summed E-state index contributed by atoms with van der Waals surface area (Å²) in [5, 5.41) is 0. The molecule has 2 unspecified atom stereocenters. The standard InChI is InChI=1S/C27H32N4/c1-5-7-21(17-27-28-12-6-13-29-27)19(3)14-24-15-22(9-8-18(24)2)23-10-11-25-26(16-23)31-20(4)30-25/h6,8-13,15-16,19,21H,5,7,14,17H2,1-4H3,(H,30,31). The molecule has 1 N–H and O–H groups in total. The molecule has 0 fully saturated rings. The van der Waals surface area contributed by atoms with Crippen LogP contribution in [0.1, 0.15) is 49.5 Å². The Labute approximate surface area is 185 Å². The highest BCUT2D eigenvalue weighted by atomic mass is 14.9. The van der Waals surface area contributed by atoms with Crippen LogP contribution in [-0.2, 0) is 12.8 Å². The first kappa shape index (κ1) is 21.2. The van der Waals surface area contributed by atoms with Gasteiger partial charge in [-0.1, -0.05) is 51.0 Å². The highest BCUT2D eigenvalue weighted by Crippen LogP contribution is 2.30. The SMILES string of the molecule is CCCC(Cc1ncccn1)C(C)Cc1cc(-c2ccc3nc(C)[nH]c3c2)ccc1C. The van der Waals surface area contributed by atoms with Crippen LogP contribution < -0.4 is 0 Å². The largest absolute Gasteiger partial charge is 0.342 e. The van der Waals surface area contributed by atoms with E-state index in [0.29, 0.717) is 11.8 Å². The van der Waals surface area contributed by atoms with Crippen LogP contribution in [0, 0.1) is 25.7 Å². The molecule has 0 aliphatic rings. The number of benzene rings is 2. The van der Waals surface area contributed by atoms with Crippen molar-refractivity contribution in [1.29, 1.82) is 0 Å². The van der Waals surface area contributed by atoms with E-state index in [1.165, 1.54) is 35.1 Å². The van der Waals surface area contributed by atoms with Crippen molar-refractivity contribution in [2.75, 3.05) is 0 Å². The van der Waals surface area contributed by atoms with Crippen LogP contribution in [0.15, 0.2) is 54.9 Å². The Balaban J connectivity index is 1.56. The van der Waals surface area contributed by atoms with Crippen molar-refractivity contribution in [2.24, 2.45) is 11.8 Å². The third kappa shape index (κ3) is 5.01. The third-order valence-electron chi connectivity index (χ3n) is 6.35. The molecule has 160 valence electrons. The highest BCUT2D eigenvalue weighted by molar-refractivity contribution is 5.82. The number of hydrogen-bond donors (Lipinski definition) is 1. The van der Waals surface area contributed by atoms with Gasteiger partial charge in [-0.25, -0.2) is 15.0 Å². The summed E-state index contributed by atoms with van der Waals surface area (Å²) in [7, 11) is 0. The van der Waals surface area contributed by atoms with E-state index < -0.39 is 0 Å². The Kier molecular flexibility index (Phi) is 6.45. The predicted molar refractivity (Wildman–Crippen MR) is 128 cm³/mol. The number of nitrogens with zero attached hydrogens (tertiary/aromatic N) is 3. The molecule has 2 heterocycles. The lowest BCUT2D eigenvalue weighted by molar-refractivity contribution is 0.323. The van der Waals surface area contributed by atoms with Crippen molar-refractivity contribution in [1.82, 2.24) is 19.9 Å². The van der Waals surface area contributed by atoms with Crippen LogP contribution in [0.3, 0.4) is 0 Å². The van der Waals surface area contributed by atoms with Crippen molar-refractivity contribution in [3.05, 3.63) is 77.6 Å². The number of H-pyrrole nitrogens is 1. The van der Waals surface area contributed by atoms with Crippen LogP contribution in [-0.4, -0.2) is 19.9 Å². The molecule has 2 aromatic heterocycles. The molecule has 0 saturated carbocycles. The van der Waals surface area contributed by atoms with Gasteiger partial charge < -0.3 is 4.98 Å². The van der Waals surface area contributed by atoms with Gasteiger partial charge in [-0.3, -0.25) is 0 Å². The molecule has 0 aliphatic heterocycles. The van der Waals surface area contributed by atoms with Gasteiger partial charge in [0.25, 0.3) is 0 Å². The molecular formula is C27H32N4. The topological polar surface area (TPSA) is 54.5 Å². The predicted octanol–water partition coefficient (Wildman–Crippen LogP) is 6.47. The summed E-state index contributed by atoms with van der Waals surface area (Å²) in [5.74, 6) is 3.06. The van der Waals surface area contributed by atoms with Crippen LogP contribution in [0.4, 0.5) is 0 Å². The molecule has 0 spiro atoms. The van der Waals surface area contributed by atoms with Gasteiger partial charge in [-0.2, -0.15) is 0 Å². The second-order valence-corrected chi connectivity index (χ2v) is 8.79. The molecular weight excluding hydrogens is 380 g/mol. The van der Waals surface area contributed by atoms with E-state index in [9.17, 15) is 0 Å². The molecule has 4 nitrogen and oxygen atoms in total. The number of fused-ring (bicyclic) bond motifs is 1. The Morgan fingerprint density at radius 3 is 2.45 bits per heavy atom. The first-order chi connectivity index (χ1) is 15.0. The zero-order valence-electron chi connectivity index (χ0n) is 19.0. The van der Waals surface area contributed by atoms with E-state index in [1.54, 1.807) is 0 Å². The molecule has 2 aromatic carbocycles. The molecule has 0 amide bonds. The van der Waals surface area contributed by atoms with Gasteiger partial charge in [0.05, 0.1) is 11.0 Å². The normalized spacial score (nSPS) is 13.4. The van der Waals surface area contributed by atoms with E-state index in [-0.39, 0.29) is 0 Å². The van der Waals surface area contributed by atoms with Crippen LogP contribution in [0.2, 0.25) is 0 Å². The maximum absolute atomic E-state index is 4.52. The molecule has 4 heteroatoms. The first-order valence-electron chi connectivity index (χ1n) is 11.4. The Morgan fingerprint density at radius 2 is 1.68 bits per heavy atom. The van der Waals surface area contributed by atoms with Crippen LogP contribution in [0.25, 0.3) is 22.2 Å². The zero-order chi connectivity index (χ0) is 21.8. The van der Waals surface area contributed by atoms with Gasteiger partial charge in [-0.15, -0.1) is 0 Å². The summed E-state index contributed by atoms with van der Waals surface area (Å²) in [6.07, 6.45) is 8.11. The smallest absolute Gasteiger partial charge is 0.128 e. The van der Waals surface area contributed by atoms with E-state index in [0.717, 1.165) is 35.5 Å². The van der Waals surface area contributed by atoms with Crippen molar-refractivity contribution in [3.8, 4) is 11.1 Å². The second kappa shape index (κ2) is 9.42. The van der Waals surface area contributed by atoms with Crippen molar-refractivity contribution in [3.63, 3.8) is 0 Å². The third-order valence-corrected chi connectivity index (χ3v) is 6.35. The minimum Gasteiger partial charge on any atom is -0.342 e. The molecule has 0 radical (unpaired) electrons. The van der Waals surface area contributed by atoms with E-state index >= 15 is 0 Å². The summed E-state index contributed by atoms with van der Waals surface area (Å²) in [6.45, 7) is 8.88. The van der Waals surface area contributed by atoms with Gasteiger partial charge in [0.1, 0.15) is 11.6 Å². The molecule has 31 heavy (non-hydrogen) atoms. The average molecular weight is 413 g/mol. The van der Waals surface area contributed by atoms with Gasteiger partial charge >= 0.3 is 0 Å². The lowest BCUT2D eigenvalue weighted by Crippen LogP contribution is -2.18. The number of imidazole rings is 1. The summed E-state index contributed by atoms with van der Waals surface area (Å²) in [4.78, 5) is 16.8. The number of aryl methyl sites for hydroxylation is 2. The van der Waals surface area contributed by atoms with Crippen LogP contribution >= 0.6 is 0 Å². The van der Waals surface area contributed by atoms with Crippen LogP contribution in [0.5, 0.6) is 0 Å². The summed E-state index contributed by atoms with van der Waals surface area (Å²) < 4.78 is 0. The van der Waals surface area contributed by atoms with Gasteiger partial charge in [-0.05, 0) is 72.6 Å². The number of nitrogens with one attached hydrogen (secondary N) is 1. The monoisotopic (exact) mass is 412 g/mol. The molecule has 0 saturated heterocycles. The lowest BCUT2D eigenvalue weighted by Gasteiger charge is -2.24. The van der Waals surface area contributed by atoms with Crippen molar-refractivity contribution < 1.29 is 0 Å². The number of aromatic amines is 1. The summed E-state index contributed by atoms with van der Waals surface area (Å²) in [6, 6.07) is 15.2. The molecule has 0 bridgehead atoms. The molecule has 4 rings (SSSR count). The van der Waals surface area contributed by atoms with Gasteiger partial charge in [0.2, 0.25) is 0 Å². The van der Waals surface area contributed by atoms with Crippen molar-refractivity contribution >= 4 is 11.0 Å². The molecule has 2 atom stereocenters. The fourth-order valence-electron chi connectivity index (χ4n) is 4.53. The minimum atomic E-state index is 0.565. The molecule has 4 aromatic rings. The minimum absolute atomic E-state index is 0.565. The molecule has 0 aliphatic carbocycles. The van der Waals surface area contributed by atoms with Gasteiger partial charge in [0.15, 0.2) is 0 Å². The van der Waals surface area contributed by atoms with Gasteiger partial charge in [0, 0.05) is 18.8 Å². The van der Waals surface area contributed by atoms with E-state index in [1.807, 2.05) is 25.4 Å². The Morgan fingerprint density at radius 1 is 0.935 bits per heavy atom. The van der Waals surface area contributed by atoms with E-state index in [4.69, 9.17) is 0 Å². The first-order valence-corrected chi connectivity index (χ1v) is 11.4.